The topological polar surface area (TPSA) is 76.0 Å². The summed E-state index contributed by atoms with van der Waals surface area (Å²) >= 11 is 6.03. The first kappa shape index (κ1) is 29.0. The molecule has 2 aromatic carbocycles. The number of unbranched alkanes of at least 4 members (excludes halogenated alkanes) is 3. The van der Waals surface area contributed by atoms with Crippen LogP contribution in [0.3, 0.4) is 0 Å². The second-order valence-corrected chi connectivity index (χ2v) is 8.57. The Kier molecular flexibility index (Phi) is 13.0. The molecule has 1 aliphatic carbocycles. The second kappa shape index (κ2) is 14.3. The average molecular weight is 595 g/mol. The monoisotopic (exact) mass is 592 g/mol. The van der Waals surface area contributed by atoms with E-state index >= 15 is 0 Å². The average Bonchev–Trinajstić information content (AvgIpc) is 2.75. The van der Waals surface area contributed by atoms with Crippen LogP contribution in [0, 0.1) is 0 Å². The van der Waals surface area contributed by atoms with E-state index in [1.54, 1.807) is 12.1 Å². The standard InChI is InChI=1S/C24H33ClN2O3.2BrH/c1-2-3-4-5-14-27(26-13-12-17-6-10-22(28)21(25)15-17)19-8-9-20-18(16-19)7-11-23(29)24(20)30;;/h6-7,10-11,15,19,26,28-30H,2-5,8-9,12-14,16H2,1H3;2*1H. The van der Waals surface area contributed by atoms with Crippen LogP contribution in [0.2, 0.25) is 5.02 Å². The molecule has 0 spiro atoms. The summed E-state index contributed by atoms with van der Waals surface area (Å²) in [4.78, 5) is 0. The molecule has 0 radical (unpaired) electrons. The van der Waals surface area contributed by atoms with Crippen molar-refractivity contribution in [2.75, 3.05) is 13.1 Å². The van der Waals surface area contributed by atoms with Gasteiger partial charge in [0.1, 0.15) is 5.75 Å². The fourth-order valence-electron chi connectivity index (χ4n) is 4.22. The minimum absolute atomic E-state index is 0. The molecule has 8 heteroatoms. The third-order valence-electron chi connectivity index (χ3n) is 5.98. The van der Waals surface area contributed by atoms with Crippen molar-refractivity contribution in [1.29, 1.82) is 0 Å². The Balaban J connectivity index is 0.00000256. The molecule has 180 valence electrons. The quantitative estimate of drug-likeness (QED) is 0.152. The lowest BCUT2D eigenvalue weighted by molar-refractivity contribution is 0.109. The van der Waals surface area contributed by atoms with Crippen molar-refractivity contribution < 1.29 is 15.3 Å². The highest BCUT2D eigenvalue weighted by molar-refractivity contribution is 8.93. The number of hydrogen-bond acceptors (Lipinski definition) is 5. The highest BCUT2D eigenvalue weighted by Crippen LogP contribution is 2.36. The van der Waals surface area contributed by atoms with Crippen molar-refractivity contribution in [2.24, 2.45) is 0 Å². The normalized spacial score (nSPS) is 15.0. The summed E-state index contributed by atoms with van der Waals surface area (Å²) in [6.45, 7) is 4.00. The number of benzene rings is 2. The molecule has 0 saturated heterocycles. The lowest BCUT2D eigenvalue weighted by atomic mass is 9.87. The number of aromatic hydroxyl groups is 3. The molecular weight excluding hydrogens is 560 g/mol. The van der Waals surface area contributed by atoms with Gasteiger partial charge in [0.05, 0.1) is 5.02 Å². The number of fused-ring (bicyclic) bond motifs is 1. The minimum Gasteiger partial charge on any atom is -0.506 e. The molecule has 0 aromatic heterocycles. The molecule has 3 rings (SSSR count). The van der Waals surface area contributed by atoms with Gasteiger partial charge in [-0.05, 0) is 61.4 Å². The molecule has 1 atom stereocenters. The van der Waals surface area contributed by atoms with Crippen molar-refractivity contribution in [3.63, 3.8) is 0 Å². The molecule has 0 fully saturated rings. The van der Waals surface area contributed by atoms with Gasteiger partial charge in [0.15, 0.2) is 11.5 Å². The Morgan fingerprint density at radius 1 is 1.03 bits per heavy atom. The minimum atomic E-state index is -0.0331. The number of phenols is 3. The van der Waals surface area contributed by atoms with Crippen LogP contribution in [0.4, 0.5) is 0 Å². The van der Waals surface area contributed by atoms with Gasteiger partial charge in [-0.3, -0.25) is 5.43 Å². The molecule has 0 bridgehead atoms. The van der Waals surface area contributed by atoms with Crippen LogP contribution in [-0.4, -0.2) is 39.5 Å². The van der Waals surface area contributed by atoms with Crippen molar-refractivity contribution in [2.45, 2.75) is 64.3 Å². The van der Waals surface area contributed by atoms with Crippen LogP contribution in [-0.2, 0) is 19.3 Å². The van der Waals surface area contributed by atoms with E-state index in [9.17, 15) is 15.3 Å². The SMILES string of the molecule is Br.Br.CCCCCCN(NCCc1ccc(O)c(Cl)c1)C1CCc2c(ccc(O)c2O)C1. The highest BCUT2D eigenvalue weighted by Gasteiger charge is 2.26. The molecule has 0 amide bonds. The summed E-state index contributed by atoms with van der Waals surface area (Å²) < 4.78 is 0. The van der Waals surface area contributed by atoms with Gasteiger partial charge < -0.3 is 15.3 Å². The number of phenolic OH excluding ortho intramolecular Hbond substituents is 3. The number of hydrazine groups is 1. The molecule has 5 nitrogen and oxygen atoms in total. The van der Waals surface area contributed by atoms with E-state index in [1.165, 1.54) is 19.3 Å². The van der Waals surface area contributed by atoms with E-state index < -0.39 is 0 Å². The summed E-state index contributed by atoms with van der Waals surface area (Å²) in [5.74, 6) is 0.119. The predicted molar refractivity (Wildman–Crippen MR) is 142 cm³/mol. The summed E-state index contributed by atoms with van der Waals surface area (Å²) in [7, 11) is 0. The Morgan fingerprint density at radius 3 is 2.50 bits per heavy atom. The Hall–Kier alpha value is -0.990. The van der Waals surface area contributed by atoms with E-state index in [1.807, 2.05) is 18.2 Å². The smallest absolute Gasteiger partial charge is 0.160 e. The zero-order valence-electron chi connectivity index (χ0n) is 18.5. The molecular formula is C24H35Br2ClN2O3. The summed E-state index contributed by atoms with van der Waals surface area (Å²) in [6.07, 6.45) is 8.22. The highest BCUT2D eigenvalue weighted by atomic mass is 79.9. The van der Waals surface area contributed by atoms with Crippen molar-refractivity contribution in [3.05, 3.63) is 52.0 Å². The fourth-order valence-corrected chi connectivity index (χ4v) is 4.42. The zero-order chi connectivity index (χ0) is 21.5. The fraction of sp³-hybridized carbons (Fsp3) is 0.500. The van der Waals surface area contributed by atoms with Gasteiger partial charge in [0.2, 0.25) is 0 Å². The van der Waals surface area contributed by atoms with Crippen LogP contribution in [0.25, 0.3) is 0 Å². The summed E-state index contributed by atoms with van der Waals surface area (Å²) in [6, 6.07) is 9.23. The number of hydrogen-bond donors (Lipinski definition) is 4. The Morgan fingerprint density at radius 2 is 1.78 bits per heavy atom. The largest absolute Gasteiger partial charge is 0.506 e. The zero-order valence-corrected chi connectivity index (χ0v) is 22.7. The first-order valence-electron chi connectivity index (χ1n) is 11.0. The summed E-state index contributed by atoms with van der Waals surface area (Å²) in [5, 5.41) is 32.3. The maximum Gasteiger partial charge on any atom is 0.160 e. The molecule has 4 N–H and O–H groups in total. The van der Waals surface area contributed by atoms with Gasteiger partial charge in [0, 0.05) is 24.7 Å². The van der Waals surface area contributed by atoms with Crippen LogP contribution in [0.15, 0.2) is 30.3 Å². The molecule has 1 aliphatic rings. The van der Waals surface area contributed by atoms with Crippen LogP contribution >= 0.6 is 45.6 Å². The van der Waals surface area contributed by atoms with Gasteiger partial charge in [0.25, 0.3) is 0 Å². The second-order valence-electron chi connectivity index (χ2n) is 8.17. The van der Waals surface area contributed by atoms with Gasteiger partial charge >= 0.3 is 0 Å². The number of nitrogens with one attached hydrogen (secondary N) is 1. The summed E-state index contributed by atoms with van der Waals surface area (Å²) in [5.41, 5.74) is 6.71. The van der Waals surface area contributed by atoms with Crippen molar-refractivity contribution in [3.8, 4) is 17.2 Å². The third kappa shape index (κ3) is 7.80. The first-order chi connectivity index (χ1) is 14.5. The van der Waals surface area contributed by atoms with E-state index in [0.29, 0.717) is 11.1 Å². The van der Waals surface area contributed by atoms with Crippen LogP contribution in [0.5, 0.6) is 17.2 Å². The van der Waals surface area contributed by atoms with E-state index in [2.05, 4.69) is 17.4 Å². The van der Waals surface area contributed by atoms with Crippen LogP contribution < -0.4 is 5.43 Å². The number of rotatable bonds is 10. The lowest BCUT2D eigenvalue weighted by Gasteiger charge is -2.36. The molecule has 0 heterocycles. The van der Waals surface area contributed by atoms with Gasteiger partial charge in [-0.25, -0.2) is 5.01 Å². The van der Waals surface area contributed by atoms with Gasteiger partial charge in [-0.2, -0.15) is 0 Å². The molecule has 0 saturated carbocycles. The Labute approximate surface area is 217 Å². The predicted octanol–water partition coefficient (Wildman–Crippen LogP) is 6.10. The molecule has 2 aromatic rings. The van der Waals surface area contributed by atoms with Gasteiger partial charge in [-0.1, -0.05) is 49.9 Å². The van der Waals surface area contributed by atoms with Crippen molar-refractivity contribution >= 4 is 45.6 Å². The van der Waals surface area contributed by atoms with Crippen LogP contribution in [0.1, 0.15) is 55.7 Å². The van der Waals surface area contributed by atoms with E-state index in [0.717, 1.165) is 61.9 Å². The molecule has 0 aliphatic heterocycles. The Bertz CT molecular complexity index is 854. The number of halogens is 3. The first-order valence-corrected chi connectivity index (χ1v) is 11.4. The van der Waals surface area contributed by atoms with Crippen molar-refractivity contribution in [1.82, 2.24) is 10.4 Å². The third-order valence-corrected chi connectivity index (χ3v) is 6.28. The number of nitrogens with zero attached hydrogens (tertiary/aromatic N) is 1. The van der Waals surface area contributed by atoms with E-state index in [4.69, 9.17) is 11.6 Å². The maximum absolute atomic E-state index is 10.2. The lowest BCUT2D eigenvalue weighted by Crippen LogP contribution is -2.49. The molecule has 1 unspecified atom stereocenters. The maximum atomic E-state index is 10.2. The van der Waals surface area contributed by atoms with Gasteiger partial charge in [-0.15, -0.1) is 34.0 Å². The molecule has 32 heavy (non-hydrogen) atoms. The van der Waals surface area contributed by atoms with E-state index in [-0.39, 0.29) is 51.2 Å².